The molecule has 0 N–H and O–H groups in total. The third kappa shape index (κ3) is 18.2. The Balaban J connectivity index is 3.19. The Morgan fingerprint density at radius 1 is 0.586 bits per heavy atom. The highest BCUT2D eigenvalue weighted by Crippen LogP contribution is 2.36. The Morgan fingerprint density at radius 3 is 1.21 bits per heavy atom. The molecule has 0 rings (SSSR count). The molecule has 0 fully saturated rings. The van der Waals surface area contributed by atoms with Crippen molar-refractivity contribution in [3.8, 4) is 12.3 Å². The first-order valence-corrected chi connectivity index (χ1v) is 15.8. The van der Waals surface area contributed by atoms with Crippen molar-refractivity contribution < 1.29 is 4.43 Å². The Kier molecular flexibility index (Phi) is 18.3. The van der Waals surface area contributed by atoms with Crippen molar-refractivity contribution in [2.45, 2.75) is 154 Å². The van der Waals surface area contributed by atoms with Crippen LogP contribution in [0.1, 0.15) is 136 Å². The second kappa shape index (κ2) is 18.5. The summed E-state index contributed by atoms with van der Waals surface area (Å²) in [7, 11) is -1.52. The molecular formula is C27H54OSi. The van der Waals surface area contributed by atoms with E-state index in [0.717, 1.165) is 13.0 Å². The topological polar surface area (TPSA) is 9.23 Å². The van der Waals surface area contributed by atoms with E-state index in [4.69, 9.17) is 10.8 Å². The first kappa shape index (κ1) is 28.7. The van der Waals surface area contributed by atoms with Crippen LogP contribution in [0.4, 0.5) is 0 Å². The molecule has 172 valence electrons. The maximum Gasteiger partial charge on any atom is 0.191 e. The molecule has 0 spiro atoms. The summed E-state index contributed by atoms with van der Waals surface area (Å²) >= 11 is 0. The molecule has 1 nitrogen and oxygen atoms in total. The van der Waals surface area contributed by atoms with Crippen LogP contribution in [0.25, 0.3) is 0 Å². The van der Waals surface area contributed by atoms with Gasteiger partial charge in [0.05, 0.1) is 0 Å². The van der Waals surface area contributed by atoms with Crippen molar-refractivity contribution in [1.82, 2.24) is 0 Å². The van der Waals surface area contributed by atoms with Gasteiger partial charge in [0.15, 0.2) is 8.32 Å². The van der Waals surface area contributed by atoms with Gasteiger partial charge in [0.1, 0.15) is 0 Å². The number of rotatable bonds is 20. The lowest BCUT2D eigenvalue weighted by Crippen LogP contribution is -2.40. The first-order chi connectivity index (χ1) is 13.8. The van der Waals surface area contributed by atoms with E-state index in [-0.39, 0.29) is 0 Å². The second-order valence-corrected chi connectivity index (χ2v) is 15.4. The summed E-state index contributed by atoms with van der Waals surface area (Å²) in [6.45, 7) is 12.7. The highest BCUT2D eigenvalue weighted by atomic mass is 28.4. The molecule has 0 atom stereocenters. The van der Waals surface area contributed by atoms with Gasteiger partial charge in [-0.3, -0.25) is 0 Å². The van der Waals surface area contributed by atoms with E-state index in [1.807, 2.05) is 0 Å². The van der Waals surface area contributed by atoms with Gasteiger partial charge in [0, 0.05) is 13.0 Å². The molecule has 0 aliphatic heterocycles. The van der Waals surface area contributed by atoms with Crippen molar-refractivity contribution in [3.63, 3.8) is 0 Å². The molecular weight excluding hydrogens is 368 g/mol. The number of hydrogen-bond donors (Lipinski definition) is 0. The zero-order valence-electron chi connectivity index (χ0n) is 20.9. The van der Waals surface area contributed by atoms with E-state index < -0.39 is 8.32 Å². The van der Waals surface area contributed by atoms with E-state index in [0.29, 0.717) is 5.04 Å². The average Bonchev–Trinajstić information content (AvgIpc) is 2.65. The van der Waals surface area contributed by atoms with Crippen molar-refractivity contribution in [1.29, 1.82) is 0 Å². The number of unbranched alkanes of at least 4 members (excludes halogenated alkanes) is 17. The van der Waals surface area contributed by atoms with Crippen molar-refractivity contribution in [3.05, 3.63) is 0 Å². The van der Waals surface area contributed by atoms with Crippen LogP contribution >= 0.6 is 0 Å². The molecule has 0 aromatic heterocycles. The first-order valence-electron chi connectivity index (χ1n) is 12.9. The Labute approximate surface area is 186 Å². The molecule has 0 amide bonds. The molecule has 0 aromatic carbocycles. The molecule has 29 heavy (non-hydrogen) atoms. The molecule has 0 aliphatic carbocycles. The molecule has 0 aliphatic rings. The van der Waals surface area contributed by atoms with Crippen LogP contribution in [0.3, 0.4) is 0 Å². The average molecular weight is 423 g/mol. The second-order valence-electron chi connectivity index (χ2n) is 10.6. The standard InChI is InChI=1S/C27H54OSi/c1-7-8-9-10-11-12-13-14-15-16-17-18-19-20-21-22-23-24-25-26-28-29(5,6)27(2,3)4/h1H,8-26H2,2-6H3. The van der Waals surface area contributed by atoms with Gasteiger partial charge in [0.25, 0.3) is 0 Å². The van der Waals surface area contributed by atoms with Crippen LogP contribution < -0.4 is 0 Å². The SMILES string of the molecule is C#CCCCCCCCCCCCCCCCCCCCO[Si](C)(C)C(C)(C)C. The maximum absolute atomic E-state index is 6.26. The summed E-state index contributed by atoms with van der Waals surface area (Å²) in [4.78, 5) is 0. The highest BCUT2D eigenvalue weighted by molar-refractivity contribution is 6.74. The summed E-state index contributed by atoms with van der Waals surface area (Å²) in [6, 6.07) is 0. The predicted molar refractivity (Wildman–Crippen MR) is 135 cm³/mol. The monoisotopic (exact) mass is 422 g/mol. The summed E-state index contributed by atoms with van der Waals surface area (Å²) in [5, 5.41) is 0.343. The fraction of sp³-hybridized carbons (Fsp3) is 0.926. The largest absolute Gasteiger partial charge is 0.417 e. The van der Waals surface area contributed by atoms with E-state index in [1.165, 1.54) is 109 Å². The van der Waals surface area contributed by atoms with Crippen LogP contribution in [0.2, 0.25) is 18.1 Å². The summed E-state index contributed by atoms with van der Waals surface area (Å²) in [5.74, 6) is 2.73. The third-order valence-corrected chi connectivity index (χ3v) is 11.3. The van der Waals surface area contributed by atoms with Gasteiger partial charge in [-0.1, -0.05) is 117 Å². The number of hydrogen-bond acceptors (Lipinski definition) is 1. The molecule has 0 saturated carbocycles. The van der Waals surface area contributed by atoms with Crippen molar-refractivity contribution >= 4 is 8.32 Å². The summed E-state index contributed by atoms with van der Waals surface area (Å²) in [6.07, 6.45) is 30.0. The van der Waals surface area contributed by atoms with Crippen LogP contribution in [0.5, 0.6) is 0 Å². The smallest absolute Gasteiger partial charge is 0.191 e. The van der Waals surface area contributed by atoms with E-state index in [9.17, 15) is 0 Å². The van der Waals surface area contributed by atoms with Gasteiger partial charge in [-0.05, 0) is 31.0 Å². The third-order valence-electron chi connectivity index (χ3n) is 6.73. The van der Waals surface area contributed by atoms with Crippen LogP contribution in [0.15, 0.2) is 0 Å². The minimum absolute atomic E-state index is 0.343. The van der Waals surface area contributed by atoms with Gasteiger partial charge in [0.2, 0.25) is 0 Å². The van der Waals surface area contributed by atoms with E-state index in [2.05, 4.69) is 39.8 Å². The molecule has 0 unspecified atom stereocenters. The lowest BCUT2D eigenvalue weighted by atomic mass is 10.0. The van der Waals surface area contributed by atoms with Crippen LogP contribution in [-0.2, 0) is 4.43 Å². The minimum Gasteiger partial charge on any atom is -0.417 e. The quantitative estimate of drug-likeness (QED) is 0.108. The van der Waals surface area contributed by atoms with Gasteiger partial charge in [-0.15, -0.1) is 12.3 Å². The fourth-order valence-electron chi connectivity index (χ4n) is 3.52. The van der Waals surface area contributed by atoms with Crippen LogP contribution in [0, 0.1) is 12.3 Å². The highest BCUT2D eigenvalue weighted by Gasteiger charge is 2.36. The lowest BCUT2D eigenvalue weighted by Gasteiger charge is -2.36. The summed E-state index contributed by atoms with van der Waals surface area (Å²) < 4.78 is 6.26. The Hall–Kier alpha value is -0.263. The Morgan fingerprint density at radius 2 is 0.897 bits per heavy atom. The zero-order chi connectivity index (χ0) is 21.8. The van der Waals surface area contributed by atoms with Gasteiger partial charge in [-0.2, -0.15) is 0 Å². The normalized spacial score (nSPS) is 12.3. The van der Waals surface area contributed by atoms with Gasteiger partial charge < -0.3 is 4.43 Å². The Bertz CT molecular complexity index is 388. The molecule has 0 bridgehead atoms. The molecule has 0 aromatic rings. The van der Waals surface area contributed by atoms with Gasteiger partial charge >= 0.3 is 0 Å². The number of terminal acetylenes is 1. The minimum atomic E-state index is -1.52. The summed E-state index contributed by atoms with van der Waals surface area (Å²) in [5.41, 5.74) is 0. The van der Waals surface area contributed by atoms with Crippen molar-refractivity contribution in [2.75, 3.05) is 6.61 Å². The lowest BCUT2D eigenvalue weighted by molar-refractivity contribution is 0.277. The van der Waals surface area contributed by atoms with Crippen molar-refractivity contribution in [2.24, 2.45) is 0 Å². The zero-order valence-corrected chi connectivity index (χ0v) is 21.9. The van der Waals surface area contributed by atoms with E-state index >= 15 is 0 Å². The van der Waals surface area contributed by atoms with Gasteiger partial charge in [-0.25, -0.2) is 0 Å². The maximum atomic E-state index is 6.26. The van der Waals surface area contributed by atoms with E-state index in [1.54, 1.807) is 0 Å². The predicted octanol–water partition coefficient (Wildman–Crippen LogP) is 9.66. The molecule has 0 heterocycles. The molecule has 2 heteroatoms. The fourth-order valence-corrected chi connectivity index (χ4v) is 4.61. The molecule has 0 saturated heterocycles. The van der Waals surface area contributed by atoms with Crippen LogP contribution in [-0.4, -0.2) is 14.9 Å². The molecule has 0 radical (unpaired) electrons.